The van der Waals surface area contributed by atoms with Crippen molar-refractivity contribution in [3.8, 4) is 0 Å². The van der Waals surface area contributed by atoms with Gasteiger partial charge in [-0.25, -0.2) is 18.7 Å². The van der Waals surface area contributed by atoms with Gasteiger partial charge >= 0.3 is 0 Å². The maximum Gasteiger partial charge on any atom is 0.149 e. The first-order valence-electron chi connectivity index (χ1n) is 4.91. The van der Waals surface area contributed by atoms with Gasteiger partial charge in [-0.15, -0.1) is 0 Å². The minimum absolute atomic E-state index is 0.103. The van der Waals surface area contributed by atoms with Crippen molar-refractivity contribution in [1.82, 2.24) is 9.97 Å². The summed E-state index contributed by atoms with van der Waals surface area (Å²) in [4.78, 5) is 7.90. The lowest BCUT2D eigenvalue weighted by molar-refractivity contribution is 0.590. The van der Waals surface area contributed by atoms with Crippen LogP contribution in [0.25, 0.3) is 0 Å². The standard InChI is InChI=1S/C11H8F2N4S/c12-6-2-1-3-7(13)10(6)17-9-5-15-8(4-16-9)11(14)18/h1-5H,(H2,14,18)(H,16,17). The molecule has 0 aliphatic carbocycles. The number of anilines is 2. The van der Waals surface area contributed by atoms with Crippen LogP contribution in [-0.4, -0.2) is 15.0 Å². The highest BCUT2D eigenvalue weighted by Gasteiger charge is 2.09. The van der Waals surface area contributed by atoms with Crippen LogP contribution in [-0.2, 0) is 0 Å². The third-order valence-electron chi connectivity index (χ3n) is 2.12. The number of nitrogens with zero attached hydrogens (tertiary/aromatic N) is 2. The van der Waals surface area contributed by atoms with Crippen LogP contribution < -0.4 is 11.1 Å². The average molecular weight is 266 g/mol. The predicted molar refractivity (Wildman–Crippen MR) is 67.6 cm³/mol. The van der Waals surface area contributed by atoms with E-state index < -0.39 is 11.6 Å². The second-order valence-corrected chi connectivity index (χ2v) is 3.81. The maximum absolute atomic E-state index is 13.4. The van der Waals surface area contributed by atoms with E-state index in [4.69, 9.17) is 18.0 Å². The van der Waals surface area contributed by atoms with Crippen LogP contribution in [0.5, 0.6) is 0 Å². The second-order valence-electron chi connectivity index (χ2n) is 3.37. The molecule has 18 heavy (non-hydrogen) atoms. The zero-order chi connectivity index (χ0) is 13.1. The fourth-order valence-corrected chi connectivity index (χ4v) is 1.37. The number of para-hydroxylation sites is 1. The highest BCUT2D eigenvalue weighted by molar-refractivity contribution is 7.80. The van der Waals surface area contributed by atoms with Crippen LogP contribution in [0.15, 0.2) is 30.6 Å². The van der Waals surface area contributed by atoms with Crippen LogP contribution in [0.3, 0.4) is 0 Å². The average Bonchev–Trinajstić information content (AvgIpc) is 2.34. The Balaban J connectivity index is 2.26. The van der Waals surface area contributed by atoms with Crippen molar-refractivity contribution in [3.63, 3.8) is 0 Å². The largest absolute Gasteiger partial charge is 0.388 e. The summed E-state index contributed by atoms with van der Waals surface area (Å²) in [6, 6.07) is 3.56. The first kappa shape index (κ1) is 12.3. The van der Waals surface area contributed by atoms with Gasteiger partial charge in [-0.2, -0.15) is 0 Å². The molecule has 1 heterocycles. The number of benzene rings is 1. The first-order chi connectivity index (χ1) is 8.58. The molecular weight excluding hydrogens is 258 g/mol. The Morgan fingerprint density at radius 1 is 1.17 bits per heavy atom. The Morgan fingerprint density at radius 2 is 1.83 bits per heavy atom. The van der Waals surface area contributed by atoms with Crippen LogP contribution in [0.1, 0.15) is 5.69 Å². The summed E-state index contributed by atoms with van der Waals surface area (Å²) in [5.74, 6) is -1.23. The van der Waals surface area contributed by atoms with Crippen molar-refractivity contribution in [2.75, 3.05) is 5.32 Å². The maximum atomic E-state index is 13.4. The van der Waals surface area contributed by atoms with Gasteiger partial charge in [0.25, 0.3) is 0 Å². The van der Waals surface area contributed by atoms with Gasteiger partial charge in [0, 0.05) is 0 Å². The number of nitrogens with one attached hydrogen (secondary N) is 1. The van der Waals surface area contributed by atoms with Crippen LogP contribution >= 0.6 is 12.2 Å². The van der Waals surface area contributed by atoms with Crippen molar-refractivity contribution in [2.45, 2.75) is 0 Å². The molecule has 0 atom stereocenters. The monoisotopic (exact) mass is 266 g/mol. The van der Waals surface area contributed by atoms with E-state index in [0.29, 0.717) is 5.69 Å². The lowest BCUT2D eigenvalue weighted by atomic mass is 10.3. The normalized spacial score (nSPS) is 10.1. The molecule has 1 aromatic heterocycles. The highest BCUT2D eigenvalue weighted by Crippen LogP contribution is 2.21. The number of nitrogens with two attached hydrogens (primary N) is 1. The zero-order valence-electron chi connectivity index (χ0n) is 9.02. The van der Waals surface area contributed by atoms with Gasteiger partial charge in [0.1, 0.15) is 33.8 Å². The molecule has 0 saturated carbocycles. The highest BCUT2D eigenvalue weighted by atomic mass is 32.1. The third kappa shape index (κ3) is 2.57. The molecule has 0 fully saturated rings. The van der Waals surface area contributed by atoms with E-state index in [1.165, 1.54) is 18.5 Å². The summed E-state index contributed by atoms with van der Waals surface area (Å²) in [5, 5.41) is 2.50. The lowest BCUT2D eigenvalue weighted by Crippen LogP contribution is -2.12. The van der Waals surface area contributed by atoms with Gasteiger partial charge in [-0.05, 0) is 12.1 Å². The molecule has 0 saturated heterocycles. The Kier molecular flexibility index (Phi) is 3.42. The minimum atomic E-state index is -0.713. The molecule has 0 radical (unpaired) electrons. The van der Waals surface area contributed by atoms with Crippen molar-refractivity contribution in [1.29, 1.82) is 0 Å². The van der Waals surface area contributed by atoms with Crippen LogP contribution in [0.4, 0.5) is 20.3 Å². The summed E-state index contributed by atoms with van der Waals surface area (Å²) in [5.41, 5.74) is 5.41. The quantitative estimate of drug-likeness (QED) is 0.833. The number of hydrogen-bond donors (Lipinski definition) is 2. The summed E-state index contributed by atoms with van der Waals surface area (Å²) in [7, 11) is 0. The molecule has 7 heteroatoms. The smallest absolute Gasteiger partial charge is 0.149 e. The summed E-state index contributed by atoms with van der Waals surface area (Å²) in [6.45, 7) is 0. The molecule has 92 valence electrons. The van der Waals surface area contributed by atoms with E-state index in [1.807, 2.05) is 0 Å². The van der Waals surface area contributed by atoms with Gasteiger partial charge in [0.05, 0.1) is 12.4 Å². The van der Waals surface area contributed by atoms with E-state index in [0.717, 1.165) is 12.1 Å². The topological polar surface area (TPSA) is 63.8 Å². The lowest BCUT2D eigenvalue weighted by Gasteiger charge is -2.07. The summed E-state index contributed by atoms with van der Waals surface area (Å²) < 4.78 is 26.7. The molecule has 0 aliphatic rings. The van der Waals surface area contributed by atoms with E-state index in [-0.39, 0.29) is 16.5 Å². The van der Waals surface area contributed by atoms with Gasteiger partial charge in [0.15, 0.2) is 0 Å². The minimum Gasteiger partial charge on any atom is -0.388 e. The van der Waals surface area contributed by atoms with E-state index >= 15 is 0 Å². The molecule has 3 N–H and O–H groups in total. The van der Waals surface area contributed by atoms with Crippen molar-refractivity contribution >= 4 is 28.7 Å². The third-order valence-corrected chi connectivity index (χ3v) is 2.33. The molecule has 1 aromatic carbocycles. The molecule has 0 unspecified atom stereocenters. The summed E-state index contributed by atoms with van der Waals surface area (Å²) in [6.07, 6.45) is 2.61. The number of halogens is 2. The van der Waals surface area contributed by atoms with Crippen molar-refractivity contribution in [3.05, 3.63) is 47.9 Å². The Hall–Kier alpha value is -2.15. The van der Waals surface area contributed by atoms with Crippen molar-refractivity contribution in [2.24, 2.45) is 5.73 Å². The van der Waals surface area contributed by atoms with Gasteiger partial charge < -0.3 is 11.1 Å². The van der Waals surface area contributed by atoms with Crippen LogP contribution in [0, 0.1) is 11.6 Å². The van der Waals surface area contributed by atoms with Gasteiger partial charge in [-0.1, -0.05) is 18.3 Å². The SMILES string of the molecule is NC(=S)c1cnc(Nc2c(F)cccc2F)cn1. The Morgan fingerprint density at radius 3 is 2.33 bits per heavy atom. The molecular formula is C11H8F2N4S. The van der Waals surface area contributed by atoms with Gasteiger partial charge in [-0.3, -0.25) is 0 Å². The Labute approximate surface area is 107 Å². The molecule has 2 rings (SSSR count). The van der Waals surface area contributed by atoms with E-state index in [9.17, 15) is 8.78 Å². The number of aromatic nitrogens is 2. The first-order valence-corrected chi connectivity index (χ1v) is 5.31. The number of thiocarbonyl (C=S) groups is 1. The van der Waals surface area contributed by atoms with Gasteiger partial charge in [0.2, 0.25) is 0 Å². The molecule has 0 amide bonds. The number of rotatable bonds is 3. The molecule has 4 nitrogen and oxygen atoms in total. The molecule has 2 aromatic rings. The zero-order valence-corrected chi connectivity index (χ0v) is 9.84. The predicted octanol–water partition coefficient (Wildman–Crippen LogP) is 2.13. The fraction of sp³-hybridized carbons (Fsp3) is 0. The van der Waals surface area contributed by atoms with Crippen LogP contribution in [0.2, 0.25) is 0 Å². The summed E-state index contributed by atoms with van der Waals surface area (Å²) >= 11 is 4.71. The van der Waals surface area contributed by atoms with Crippen molar-refractivity contribution < 1.29 is 8.78 Å². The Bertz CT molecular complexity index is 566. The van der Waals surface area contributed by atoms with E-state index in [1.54, 1.807) is 0 Å². The molecule has 0 spiro atoms. The molecule has 0 bridgehead atoms. The molecule has 0 aliphatic heterocycles. The van der Waals surface area contributed by atoms with E-state index in [2.05, 4.69) is 15.3 Å². The second kappa shape index (κ2) is 5.01. The fourth-order valence-electron chi connectivity index (χ4n) is 1.27. The number of hydrogen-bond acceptors (Lipinski definition) is 4.